The van der Waals surface area contributed by atoms with Gasteiger partial charge in [-0.2, -0.15) is 0 Å². The molecule has 0 radical (unpaired) electrons. The van der Waals surface area contributed by atoms with Gasteiger partial charge in [-0.3, -0.25) is 4.79 Å². The summed E-state index contributed by atoms with van der Waals surface area (Å²) < 4.78 is 35.8. The van der Waals surface area contributed by atoms with Gasteiger partial charge in [0.05, 0.1) is 48.2 Å². The van der Waals surface area contributed by atoms with E-state index in [0.717, 1.165) is 71.2 Å². The molecular weight excluding hydrogens is 1150 g/mol. The summed E-state index contributed by atoms with van der Waals surface area (Å²) in [6.07, 6.45) is 19.2. The van der Waals surface area contributed by atoms with E-state index in [2.05, 4.69) is 98.2 Å². The minimum atomic E-state index is -1.28. The fraction of sp³-hybridized carbons (Fsp3) is 0.500. The van der Waals surface area contributed by atoms with E-state index in [1.807, 2.05) is 103 Å². The molecule has 4 aromatic rings. The lowest BCUT2D eigenvalue weighted by Gasteiger charge is -2.20. The standard InChI is InChI=1S/C29H46O5Si.C29H46O4Si.C7H5ClO.C7H6O2/c1-10-20(2)14-15-24(30)27-25(33-29(5,6)34-27)13-11-12-23-19-21(3)18-22(4)26(23)28(31)32-16-17-35(7,8)9;1-10-21(2)13-11-15-25-26(33-29(5,6)32-25)16-12-14-24-20-22(3)19-23(4)27(24)28(30)31-17-18-34(7,8)9;2*8-7(9)6-4-2-1-3-5-6/h11-12,14-15,18-20,24-25,27,30H,10,13,16-17H2,1-9H3;11-14,19-21,25-26H,10,15-18H2,1-9H3;1-5H;1-5H,(H,8,9)/b12-11+,15-14-;13-11-,14-12+;;/t20-,24?,25?,27-;21-,25-,26?;;/m11../s1. The Balaban J connectivity index is 0.000000352. The first-order chi connectivity index (χ1) is 40.6. The zero-order valence-corrected chi connectivity index (χ0v) is 58.2. The molecule has 7 atom stereocenters. The number of benzene rings is 4. The second kappa shape index (κ2) is 36.2. The number of carboxylic acid groups (broad SMARTS) is 1. The highest BCUT2D eigenvalue weighted by molar-refractivity contribution is 6.76. The zero-order chi connectivity index (χ0) is 65.3. The van der Waals surface area contributed by atoms with Crippen molar-refractivity contribution in [1.29, 1.82) is 0 Å². The number of aliphatic hydroxyl groups is 1. The summed E-state index contributed by atoms with van der Waals surface area (Å²) in [7, 11) is -2.54. The second-order valence-corrected chi connectivity index (χ2v) is 37.8. The van der Waals surface area contributed by atoms with Crippen LogP contribution in [0.4, 0.5) is 0 Å². The van der Waals surface area contributed by atoms with Crippen molar-refractivity contribution < 1.29 is 57.8 Å². The average Bonchev–Trinajstić information content (AvgIpc) is 3.57. The van der Waals surface area contributed by atoms with E-state index < -0.39 is 51.1 Å². The molecule has 2 aliphatic rings. The van der Waals surface area contributed by atoms with Gasteiger partial charge in [0, 0.05) is 21.7 Å². The van der Waals surface area contributed by atoms with Gasteiger partial charge in [0.1, 0.15) is 12.2 Å². The van der Waals surface area contributed by atoms with Crippen molar-refractivity contribution in [2.75, 3.05) is 13.2 Å². The Morgan fingerprint density at radius 2 is 0.966 bits per heavy atom. The van der Waals surface area contributed by atoms with Gasteiger partial charge >= 0.3 is 17.9 Å². The summed E-state index contributed by atoms with van der Waals surface area (Å²) >= 11 is 5.16. The number of hydrogen-bond donors (Lipinski definition) is 2. The van der Waals surface area contributed by atoms with Gasteiger partial charge in [-0.25, -0.2) is 14.4 Å². The molecule has 2 saturated heterocycles. The van der Waals surface area contributed by atoms with Crippen LogP contribution in [-0.4, -0.2) is 105 Å². The van der Waals surface area contributed by atoms with Gasteiger partial charge in [0.25, 0.3) is 5.24 Å². The molecular formula is C72H103ClO12Si2. The van der Waals surface area contributed by atoms with Crippen LogP contribution in [0, 0.1) is 39.5 Å². The molecule has 87 heavy (non-hydrogen) atoms. The SMILES string of the molecule is CC[C@@H](C)/C=C\C(O)[C@H]1OC(C)(C)OC1C/C=C/c1cc(C)cc(C)c1C(=O)OCC[Si](C)(C)C.CC[C@@H](C)/C=C\C[C@H]1OC(C)(C)OC1C/C=C/c1cc(C)cc(C)c1C(=O)OCC[Si](C)(C)C.O=C(Cl)c1ccccc1.O=C(O)c1ccccc1. The molecule has 0 bridgehead atoms. The van der Waals surface area contributed by atoms with Crippen molar-refractivity contribution in [2.45, 2.75) is 209 Å². The highest BCUT2D eigenvalue weighted by Gasteiger charge is 2.44. The van der Waals surface area contributed by atoms with Crippen LogP contribution in [-0.2, 0) is 28.4 Å². The third-order valence-corrected chi connectivity index (χ3v) is 18.2. The molecule has 2 N–H and O–H groups in total. The van der Waals surface area contributed by atoms with Crippen LogP contribution in [0.1, 0.15) is 162 Å². The number of ether oxygens (including phenoxy) is 6. The molecule has 15 heteroatoms. The summed E-state index contributed by atoms with van der Waals surface area (Å²) in [6.45, 7) is 39.0. The van der Waals surface area contributed by atoms with E-state index in [-0.39, 0.29) is 30.3 Å². The maximum Gasteiger partial charge on any atom is 0.338 e. The number of esters is 2. The molecule has 6 rings (SSSR count). The maximum atomic E-state index is 13.0. The van der Waals surface area contributed by atoms with Gasteiger partial charge in [-0.15, -0.1) is 0 Å². The highest BCUT2D eigenvalue weighted by atomic mass is 35.5. The van der Waals surface area contributed by atoms with E-state index >= 15 is 0 Å². The molecule has 478 valence electrons. The predicted molar refractivity (Wildman–Crippen MR) is 361 cm³/mol. The van der Waals surface area contributed by atoms with E-state index in [1.54, 1.807) is 54.6 Å². The monoisotopic (exact) mass is 1250 g/mol. The van der Waals surface area contributed by atoms with E-state index in [9.17, 15) is 24.3 Å². The first kappa shape index (κ1) is 75.7. The molecule has 4 aromatic carbocycles. The Morgan fingerprint density at radius 1 is 0.575 bits per heavy atom. The van der Waals surface area contributed by atoms with Crippen molar-refractivity contribution in [3.63, 3.8) is 0 Å². The zero-order valence-electron chi connectivity index (χ0n) is 55.5. The number of rotatable bonds is 24. The first-order valence-corrected chi connectivity index (χ1v) is 38.6. The molecule has 3 unspecified atom stereocenters. The van der Waals surface area contributed by atoms with Crippen molar-refractivity contribution >= 4 is 63.1 Å². The van der Waals surface area contributed by atoms with Crippen LogP contribution in [0.25, 0.3) is 12.2 Å². The fourth-order valence-electron chi connectivity index (χ4n) is 9.45. The number of carbonyl (C=O) groups is 4. The molecule has 0 aromatic heterocycles. The van der Waals surface area contributed by atoms with Crippen LogP contribution in [0.5, 0.6) is 0 Å². The Bertz CT molecular complexity index is 2870. The molecule has 0 spiro atoms. The van der Waals surface area contributed by atoms with Crippen molar-refractivity contribution in [3.8, 4) is 0 Å². The number of hydrogen-bond acceptors (Lipinski definition) is 11. The lowest BCUT2D eigenvalue weighted by molar-refractivity contribution is -0.152. The van der Waals surface area contributed by atoms with E-state index in [4.69, 9.17) is 45.1 Å². The van der Waals surface area contributed by atoms with Gasteiger partial charge in [0.15, 0.2) is 11.6 Å². The first-order valence-electron chi connectivity index (χ1n) is 30.8. The molecule has 12 nitrogen and oxygen atoms in total. The largest absolute Gasteiger partial charge is 0.478 e. The second-order valence-electron chi connectivity index (χ2n) is 26.2. The summed E-state index contributed by atoms with van der Waals surface area (Å²) in [4.78, 5) is 46.5. The van der Waals surface area contributed by atoms with Crippen LogP contribution < -0.4 is 0 Å². The highest BCUT2D eigenvalue weighted by Crippen LogP contribution is 2.35. The number of carbonyl (C=O) groups excluding carboxylic acids is 3. The van der Waals surface area contributed by atoms with Gasteiger partial charge in [0.2, 0.25) is 0 Å². The minimum absolute atomic E-state index is 0.0187. The maximum absolute atomic E-state index is 13.0. The number of carboxylic acids is 1. The molecule has 0 amide bonds. The van der Waals surface area contributed by atoms with Gasteiger partial charge in [-0.1, -0.05) is 212 Å². The molecule has 2 aliphatic heterocycles. The number of halogens is 1. The summed E-state index contributed by atoms with van der Waals surface area (Å²) in [5, 5.41) is 18.7. The molecule has 0 saturated carbocycles. The normalized spacial score (nSPS) is 19.1. The Morgan fingerprint density at radius 3 is 1.36 bits per heavy atom. The number of aryl methyl sites for hydroxylation is 4. The minimum Gasteiger partial charge on any atom is -0.478 e. The molecule has 2 fully saturated rings. The Hall–Kier alpha value is -5.56. The average molecular weight is 1250 g/mol. The molecule has 2 heterocycles. The summed E-state index contributed by atoms with van der Waals surface area (Å²) in [6, 6.07) is 27.1. The predicted octanol–water partition coefficient (Wildman–Crippen LogP) is 17.8. The van der Waals surface area contributed by atoms with Crippen molar-refractivity contribution in [3.05, 3.63) is 177 Å². The smallest absolute Gasteiger partial charge is 0.338 e. The van der Waals surface area contributed by atoms with Crippen molar-refractivity contribution in [1.82, 2.24) is 0 Å². The third kappa shape index (κ3) is 28.7. The fourth-order valence-corrected chi connectivity index (χ4v) is 11.0. The number of aliphatic hydroxyl groups excluding tert-OH is 1. The van der Waals surface area contributed by atoms with E-state index in [1.165, 1.54) is 0 Å². The van der Waals surface area contributed by atoms with Gasteiger partial charge in [-0.05, 0) is 145 Å². The number of allylic oxidation sites excluding steroid dienone is 2. The molecule has 0 aliphatic carbocycles. The van der Waals surface area contributed by atoms with Gasteiger partial charge < -0.3 is 38.6 Å². The topological polar surface area (TPSA) is 164 Å². The van der Waals surface area contributed by atoms with E-state index in [0.29, 0.717) is 53.7 Å². The number of aromatic carboxylic acids is 1. The summed E-state index contributed by atoms with van der Waals surface area (Å²) in [5.41, 5.74) is 7.97. The van der Waals surface area contributed by atoms with Crippen LogP contribution >= 0.6 is 11.6 Å². The quantitative estimate of drug-likeness (QED) is 0.0296. The van der Waals surface area contributed by atoms with Crippen LogP contribution in [0.15, 0.2) is 121 Å². The third-order valence-electron chi connectivity index (χ3n) is 14.6. The Labute approximate surface area is 528 Å². The lowest BCUT2D eigenvalue weighted by Crippen LogP contribution is -2.34. The van der Waals surface area contributed by atoms with Crippen LogP contribution in [0.2, 0.25) is 51.4 Å². The van der Waals surface area contributed by atoms with Crippen molar-refractivity contribution in [2.24, 2.45) is 11.8 Å². The lowest BCUT2D eigenvalue weighted by atomic mass is 9.97. The van der Waals surface area contributed by atoms with Crippen LogP contribution in [0.3, 0.4) is 0 Å². The summed E-state index contributed by atoms with van der Waals surface area (Å²) in [5.74, 6) is -1.77. The Kier molecular flexibility index (Phi) is 31.5.